The van der Waals surface area contributed by atoms with Crippen LogP contribution in [0, 0.1) is 4.77 Å². The second kappa shape index (κ2) is 5.97. The predicted molar refractivity (Wildman–Crippen MR) is 86.8 cm³/mol. The normalized spacial score (nSPS) is 10.5. The first kappa shape index (κ1) is 13.6. The number of nitrogens with one attached hydrogen (secondary N) is 1. The van der Waals surface area contributed by atoms with Crippen molar-refractivity contribution >= 4 is 12.2 Å². The summed E-state index contributed by atoms with van der Waals surface area (Å²) in [4.78, 5) is 3.09. The van der Waals surface area contributed by atoms with Crippen molar-refractivity contribution in [3.63, 3.8) is 0 Å². The molecule has 3 rings (SSSR count). The monoisotopic (exact) mass is 296 g/mol. The number of H-pyrrole nitrogens is 1. The van der Waals surface area contributed by atoms with Gasteiger partial charge in [0.2, 0.25) is 0 Å². The van der Waals surface area contributed by atoms with E-state index in [1.807, 2.05) is 65.4 Å². The molecular weight excluding hydrogens is 280 g/mol. The Morgan fingerprint density at radius 2 is 1.81 bits per heavy atom. The van der Waals surface area contributed by atoms with Gasteiger partial charge in [-0.3, -0.25) is 4.57 Å². The van der Waals surface area contributed by atoms with Crippen molar-refractivity contribution in [2.45, 2.75) is 13.3 Å². The number of aromatic nitrogens is 2. The van der Waals surface area contributed by atoms with Gasteiger partial charge in [-0.1, -0.05) is 31.2 Å². The van der Waals surface area contributed by atoms with Gasteiger partial charge in [-0.2, -0.15) is 0 Å². The number of aryl methyl sites for hydroxylation is 1. The zero-order chi connectivity index (χ0) is 14.7. The zero-order valence-electron chi connectivity index (χ0n) is 11.7. The van der Waals surface area contributed by atoms with E-state index in [1.54, 1.807) is 0 Å². The van der Waals surface area contributed by atoms with Crippen LogP contribution in [0.3, 0.4) is 0 Å². The second-order valence-electron chi connectivity index (χ2n) is 4.69. The smallest absolute Gasteiger partial charge is 0.182 e. The van der Waals surface area contributed by atoms with Crippen LogP contribution in [0.25, 0.3) is 5.69 Å². The van der Waals surface area contributed by atoms with Gasteiger partial charge in [-0.05, 0) is 42.9 Å². The average molecular weight is 296 g/mol. The number of ether oxygens (including phenoxy) is 1. The van der Waals surface area contributed by atoms with Crippen molar-refractivity contribution in [1.82, 2.24) is 9.55 Å². The van der Waals surface area contributed by atoms with E-state index in [4.69, 9.17) is 17.0 Å². The first-order chi connectivity index (χ1) is 10.3. The maximum absolute atomic E-state index is 5.87. The molecule has 2 aromatic carbocycles. The number of hydrogen-bond donors (Lipinski definition) is 1. The molecule has 0 aliphatic rings. The highest BCUT2D eigenvalue weighted by atomic mass is 32.1. The van der Waals surface area contributed by atoms with E-state index in [9.17, 15) is 0 Å². The molecule has 0 atom stereocenters. The highest BCUT2D eigenvalue weighted by Gasteiger charge is 2.06. The van der Waals surface area contributed by atoms with Crippen LogP contribution in [0.4, 0.5) is 0 Å². The van der Waals surface area contributed by atoms with Crippen molar-refractivity contribution < 1.29 is 4.74 Å². The molecule has 0 aliphatic heterocycles. The van der Waals surface area contributed by atoms with Crippen molar-refractivity contribution in [3.05, 3.63) is 71.3 Å². The number of benzene rings is 2. The van der Waals surface area contributed by atoms with Gasteiger partial charge >= 0.3 is 0 Å². The van der Waals surface area contributed by atoms with Crippen LogP contribution in [-0.2, 0) is 6.42 Å². The fourth-order valence-corrected chi connectivity index (χ4v) is 2.54. The average Bonchev–Trinajstić information content (AvgIpc) is 2.89. The molecular formula is C17H16N2OS. The molecule has 1 heterocycles. The van der Waals surface area contributed by atoms with E-state index in [2.05, 4.69) is 11.9 Å². The van der Waals surface area contributed by atoms with Gasteiger partial charge in [0, 0.05) is 18.0 Å². The Balaban J connectivity index is 1.97. The molecule has 3 aromatic rings. The summed E-state index contributed by atoms with van der Waals surface area (Å²) < 4.78 is 8.61. The summed E-state index contributed by atoms with van der Waals surface area (Å²) in [5, 5.41) is 0. The molecule has 0 spiro atoms. The van der Waals surface area contributed by atoms with E-state index in [1.165, 1.54) is 0 Å². The van der Waals surface area contributed by atoms with Gasteiger partial charge in [-0.15, -0.1) is 0 Å². The maximum Gasteiger partial charge on any atom is 0.182 e. The molecule has 0 radical (unpaired) electrons. The van der Waals surface area contributed by atoms with Gasteiger partial charge in [0.25, 0.3) is 0 Å². The Bertz CT molecular complexity index is 790. The highest BCUT2D eigenvalue weighted by molar-refractivity contribution is 7.71. The second-order valence-corrected chi connectivity index (χ2v) is 5.07. The van der Waals surface area contributed by atoms with Gasteiger partial charge < -0.3 is 9.72 Å². The summed E-state index contributed by atoms with van der Waals surface area (Å²) in [5.41, 5.74) is 2.16. The Hall–Kier alpha value is -2.33. The third kappa shape index (κ3) is 2.90. The number of hydrogen-bond acceptors (Lipinski definition) is 2. The van der Waals surface area contributed by atoms with E-state index >= 15 is 0 Å². The van der Waals surface area contributed by atoms with Crippen LogP contribution in [0.1, 0.15) is 12.6 Å². The minimum absolute atomic E-state index is 0.698. The summed E-state index contributed by atoms with van der Waals surface area (Å²) >= 11 is 5.36. The molecule has 0 bridgehead atoms. The molecule has 1 N–H and O–H groups in total. The maximum atomic E-state index is 5.87. The lowest BCUT2D eigenvalue weighted by Crippen LogP contribution is -1.99. The van der Waals surface area contributed by atoms with Gasteiger partial charge in [0.15, 0.2) is 4.77 Å². The topological polar surface area (TPSA) is 29.9 Å². The largest absolute Gasteiger partial charge is 0.457 e. The first-order valence-corrected chi connectivity index (χ1v) is 7.31. The van der Waals surface area contributed by atoms with Gasteiger partial charge in [0.05, 0.1) is 5.69 Å². The Kier molecular flexibility index (Phi) is 3.88. The van der Waals surface area contributed by atoms with Crippen LogP contribution < -0.4 is 4.74 Å². The Morgan fingerprint density at radius 1 is 1.05 bits per heavy atom. The summed E-state index contributed by atoms with van der Waals surface area (Å²) in [5.74, 6) is 1.62. The highest BCUT2D eigenvalue weighted by Crippen LogP contribution is 2.24. The summed E-state index contributed by atoms with van der Waals surface area (Å²) in [7, 11) is 0. The molecule has 3 nitrogen and oxygen atoms in total. The summed E-state index contributed by atoms with van der Waals surface area (Å²) in [6.07, 6.45) is 2.87. The van der Waals surface area contributed by atoms with Crippen molar-refractivity contribution in [1.29, 1.82) is 0 Å². The quantitative estimate of drug-likeness (QED) is 0.695. The number of aromatic amines is 1. The van der Waals surface area contributed by atoms with E-state index in [0.717, 1.165) is 29.3 Å². The van der Waals surface area contributed by atoms with Crippen molar-refractivity contribution in [2.24, 2.45) is 0 Å². The van der Waals surface area contributed by atoms with Crippen molar-refractivity contribution in [3.8, 4) is 17.2 Å². The summed E-state index contributed by atoms with van der Waals surface area (Å²) in [6, 6.07) is 17.7. The Morgan fingerprint density at radius 3 is 2.57 bits per heavy atom. The van der Waals surface area contributed by atoms with Crippen LogP contribution in [-0.4, -0.2) is 9.55 Å². The third-order valence-corrected chi connectivity index (χ3v) is 3.57. The molecule has 106 valence electrons. The number of rotatable bonds is 4. The van der Waals surface area contributed by atoms with Crippen LogP contribution >= 0.6 is 12.2 Å². The molecule has 4 heteroatoms. The van der Waals surface area contributed by atoms with Crippen LogP contribution in [0.5, 0.6) is 11.5 Å². The number of nitrogens with zero attached hydrogens (tertiary/aromatic N) is 1. The fraction of sp³-hybridized carbons (Fsp3) is 0.118. The molecule has 0 fully saturated rings. The molecule has 21 heavy (non-hydrogen) atoms. The lowest BCUT2D eigenvalue weighted by atomic mass is 10.2. The standard InChI is InChI=1S/C17H16N2OS/c1-2-13-12-18-17(21)19(13)14-7-6-10-16(11-14)20-15-8-4-3-5-9-15/h3-12H,2H2,1H3,(H,18,21). The zero-order valence-corrected chi connectivity index (χ0v) is 12.6. The molecule has 0 unspecified atom stereocenters. The molecule has 0 saturated heterocycles. The first-order valence-electron chi connectivity index (χ1n) is 6.90. The van der Waals surface area contributed by atoms with Crippen molar-refractivity contribution in [2.75, 3.05) is 0 Å². The lowest BCUT2D eigenvalue weighted by Gasteiger charge is -2.10. The summed E-state index contributed by atoms with van der Waals surface area (Å²) in [6.45, 7) is 2.11. The van der Waals surface area contributed by atoms with Gasteiger partial charge in [-0.25, -0.2) is 0 Å². The number of para-hydroxylation sites is 1. The Labute approximate surface area is 128 Å². The molecule has 0 amide bonds. The molecule has 1 aromatic heterocycles. The predicted octanol–water partition coefficient (Wildman–Crippen LogP) is 4.89. The third-order valence-electron chi connectivity index (χ3n) is 3.27. The molecule has 0 aliphatic carbocycles. The minimum Gasteiger partial charge on any atom is -0.457 e. The molecule has 0 saturated carbocycles. The SMILES string of the molecule is CCc1c[nH]c(=S)n1-c1cccc(Oc2ccccc2)c1. The minimum atomic E-state index is 0.698. The van der Waals surface area contributed by atoms with E-state index in [0.29, 0.717) is 4.77 Å². The van der Waals surface area contributed by atoms with Crippen LogP contribution in [0.15, 0.2) is 60.8 Å². The lowest BCUT2D eigenvalue weighted by molar-refractivity contribution is 0.482. The van der Waals surface area contributed by atoms with Gasteiger partial charge in [0.1, 0.15) is 11.5 Å². The fourth-order valence-electron chi connectivity index (χ4n) is 2.26. The number of imidazole rings is 1. The van der Waals surface area contributed by atoms with E-state index < -0.39 is 0 Å². The van der Waals surface area contributed by atoms with Crippen LogP contribution in [0.2, 0.25) is 0 Å². The van der Waals surface area contributed by atoms with E-state index in [-0.39, 0.29) is 0 Å².